The van der Waals surface area contributed by atoms with Gasteiger partial charge in [-0.3, -0.25) is 19.8 Å². The summed E-state index contributed by atoms with van der Waals surface area (Å²) in [5.74, 6) is 1.65. The average Bonchev–Trinajstić information content (AvgIpc) is 2.90. The maximum absolute atomic E-state index is 13.1. The molecule has 5 rings (SSSR count). The summed E-state index contributed by atoms with van der Waals surface area (Å²) in [4.78, 5) is 42.3. The number of hydrogen-bond donors (Lipinski definition) is 1. The number of nitro groups is 1. The standard InChI is InChI=1S/C28H41N5O4/c1-4-5-6-26(34)32(20-21-7-8-22-19-25(21)28(22,2)3)18-15-30-13-16-31(17-14-30)27(35)29-23-9-11-24(12-10-23)33(36)37/h7,9-12,22,25H,4-6,8,13-20H2,1-3H3,(H,29,35). The van der Waals surface area contributed by atoms with Crippen molar-refractivity contribution < 1.29 is 14.5 Å². The Bertz CT molecular complexity index is 1010. The first-order chi connectivity index (χ1) is 17.7. The zero-order valence-corrected chi connectivity index (χ0v) is 22.4. The monoisotopic (exact) mass is 511 g/mol. The van der Waals surface area contributed by atoms with Crippen LogP contribution in [-0.2, 0) is 4.79 Å². The highest BCUT2D eigenvalue weighted by atomic mass is 16.6. The SMILES string of the molecule is CCCCC(=O)N(CCN1CCN(C(=O)Nc2ccc([N+](=O)[O-])cc2)CC1)CC1=CCC2CC1C2(C)C. The highest BCUT2D eigenvalue weighted by Gasteiger charge is 2.51. The number of fused-ring (bicyclic) bond motifs is 1. The molecule has 2 atom stereocenters. The first-order valence-electron chi connectivity index (χ1n) is 13.7. The molecular formula is C28H41N5O4. The van der Waals surface area contributed by atoms with Gasteiger partial charge in [-0.2, -0.15) is 0 Å². The fourth-order valence-corrected chi connectivity index (χ4v) is 5.96. The van der Waals surface area contributed by atoms with Crippen LogP contribution in [0.25, 0.3) is 0 Å². The molecule has 1 heterocycles. The number of benzene rings is 1. The van der Waals surface area contributed by atoms with E-state index < -0.39 is 4.92 Å². The van der Waals surface area contributed by atoms with Gasteiger partial charge in [0.2, 0.25) is 5.91 Å². The maximum Gasteiger partial charge on any atom is 0.321 e. The zero-order chi connectivity index (χ0) is 26.6. The lowest BCUT2D eigenvalue weighted by molar-refractivity contribution is -0.384. The molecule has 3 aliphatic carbocycles. The van der Waals surface area contributed by atoms with Crippen LogP contribution in [0, 0.1) is 27.4 Å². The molecule has 1 N–H and O–H groups in total. The van der Waals surface area contributed by atoms with Crippen molar-refractivity contribution in [3.63, 3.8) is 0 Å². The van der Waals surface area contributed by atoms with E-state index in [2.05, 4.69) is 42.0 Å². The van der Waals surface area contributed by atoms with Crippen LogP contribution in [0.15, 0.2) is 35.9 Å². The molecular weight excluding hydrogens is 470 g/mol. The zero-order valence-electron chi connectivity index (χ0n) is 22.4. The fourth-order valence-electron chi connectivity index (χ4n) is 5.96. The molecule has 2 fully saturated rings. The van der Waals surface area contributed by atoms with Crippen molar-refractivity contribution >= 4 is 23.3 Å². The molecule has 1 saturated carbocycles. The van der Waals surface area contributed by atoms with Gasteiger partial charge < -0.3 is 15.1 Å². The minimum absolute atomic E-state index is 0.00537. The van der Waals surface area contributed by atoms with E-state index >= 15 is 0 Å². The van der Waals surface area contributed by atoms with Gasteiger partial charge in [-0.25, -0.2) is 4.79 Å². The molecule has 3 amide bonds. The van der Waals surface area contributed by atoms with Crippen LogP contribution in [0.5, 0.6) is 0 Å². The smallest absolute Gasteiger partial charge is 0.321 e. The summed E-state index contributed by atoms with van der Waals surface area (Å²) in [6.45, 7) is 11.9. The Morgan fingerprint density at radius 2 is 1.86 bits per heavy atom. The highest BCUT2D eigenvalue weighted by Crippen LogP contribution is 2.59. The van der Waals surface area contributed by atoms with Crippen molar-refractivity contribution in [3.8, 4) is 0 Å². The van der Waals surface area contributed by atoms with Crippen LogP contribution >= 0.6 is 0 Å². The number of allylic oxidation sites excluding steroid dienone is 1. The number of urea groups is 1. The molecule has 1 saturated heterocycles. The van der Waals surface area contributed by atoms with Gasteiger partial charge in [0.1, 0.15) is 0 Å². The van der Waals surface area contributed by atoms with Gasteiger partial charge in [0.25, 0.3) is 5.69 Å². The van der Waals surface area contributed by atoms with Crippen molar-refractivity contribution in [1.82, 2.24) is 14.7 Å². The van der Waals surface area contributed by atoms with Crippen molar-refractivity contribution in [2.45, 2.75) is 52.9 Å². The Morgan fingerprint density at radius 3 is 2.46 bits per heavy atom. The van der Waals surface area contributed by atoms with E-state index in [0.29, 0.717) is 43.1 Å². The van der Waals surface area contributed by atoms with E-state index in [-0.39, 0.29) is 17.6 Å². The fraction of sp³-hybridized carbons (Fsp3) is 0.643. The number of carbonyl (C=O) groups excluding carboxylic acids is 2. The largest absolute Gasteiger partial charge is 0.337 e. The third kappa shape index (κ3) is 6.32. The van der Waals surface area contributed by atoms with Crippen LogP contribution in [-0.4, -0.2) is 77.4 Å². The van der Waals surface area contributed by atoms with Crippen molar-refractivity contribution in [2.24, 2.45) is 17.3 Å². The van der Waals surface area contributed by atoms with E-state index in [0.717, 1.165) is 51.4 Å². The van der Waals surface area contributed by atoms with E-state index in [1.165, 1.54) is 24.1 Å². The molecule has 0 radical (unpaired) electrons. The van der Waals surface area contributed by atoms with Crippen molar-refractivity contribution in [3.05, 3.63) is 46.0 Å². The van der Waals surface area contributed by atoms with Gasteiger partial charge >= 0.3 is 6.03 Å². The molecule has 4 aliphatic rings. The highest BCUT2D eigenvalue weighted by molar-refractivity contribution is 5.89. The molecule has 9 nitrogen and oxygen atoms in total. The summed E-state index contributed by atoms with van der Waals surface area (Å²) in [7, 11) is 0. The van der Waals surface area contributed by atoms with Crippen LogP contribution < -0.4 is 5.32 Å². The average molecular weight is 512 g/mol. The molecule has 0 aromatic heterocycles. The second kappa shape index (κ2) is 11.6. The second-order valence-electron chi connectivity index (χ2n) is 11.3. The number of anilines is 1. The molecule has 9 heteroatoms. The molecule has 2 unspecified atom stereocenters. The number of nitrogens with zero attached hydrogens (tertiary/aromatic N) is 4. The Balaban J connectivity index is 1.26. The number of unbranched alkanes of at least 4 members (excludes halogenated alkanes) is 1. The summed E-state index contributed by atoms with van der Waals surface area (Å²) in [5, 5.41) is 13.6. The van der Waals surface area contributed by atoms with Gasteiger partial charge in [0, 0.05) is 70.1 Å². The summed E-state index contributed by atoms with van der Waals surface area (Å²) in [6, 6.07) is 5.66. The van der Waals surface area contributed by atoms with Gasteiger partial charge in [-0.05, 0) is 48.6 Å². The minimum atomic E-state index is -0.460. The quantitative estimate of drug-likeness (QED) is 0.278. The van der Waals surface area contributed by atoms with E-state index in [1.807, 2.05) is 0 Å². The Hall–Kier alpha value is -2.94. The number of nitro benzene ring substituents is 1. The van der Waals surface area contributed by atoms with E-state index in [1.54, 1.807) is 17.0 Å². The van der Waals surface area contributed by atoms with Gasteiger partial charge in [-0.15, -0.1) is 0 Å². The molecule has 0 spiro atoms. The molecule has 1 aromatic carbocycles. The number of non-ortho nitro benzene ring substituents is 1. The number of amides is 3. The van der Waals surface area contributed by atoms with Crippen LogP contribution in [0.2, 0.25) is 0 Å². The number of nitrogens with one attached hydrogen (secondary N) is 1. The van der Waals surface area contributed by atoms with Crippen LogP contribution in [0.1, 0.15) is 52.9 Å². The first-order valence-corrected chi connectivity index (χ1v) is 13.7. The molecule has 202 valence electrons. The van der Waals surface area contributed by atoms with Crippen LogP contribution in [0.3, 0.4) is 0 Å². The Labute approximate surface area is 220 Å². The summed E-state index contributed by atoms with van der Waals surface area (Å²) in [5.41, 5.74) is 2.34. The Kier molecular flexibility index (Phi) is 8.52. The molecule has 2 bridgehead atoms. The van der Waals surface area contributed by atoms with E-state index in [4.69, 9.17) is 0 Å². The second-order valence-corrected chi connectivity index (χ2v) is 11.3. The number of hydrogen-bond acceptors (Lipinski definition) is 5. The Morgan fingerprint density at radius 1 is 1.16 bits per heavy atom. The van der Waals surface area contributed by atoms with Gasteiger partial charge in [0.05, 0.1) is 4.92 Å². The summed E-state index contributed by atoms with van der Waals surface area (Å²) < 4.78 is 0. The van der Waals surface area contributed by atoms with Crippen molar-refractivity contribution in [2.75, 3.05) is 51.1 Å². The minimum Gasteiger partial charge on any atom is -0.337 e. The summed E-state index contributed by atoms with van der Waals surface area (Å²) in [6.07, 6.45) is 7.35. The lowest BCUT2D eigenvalue weighted by Crippen LogP contribution is -2.52. The lowest BCUT2D eigenvalue weighted by Gasteiger charge is -2.57. The topological polar surface area (TPSA) is 99.0 Å². The lowest BCUT2D eigenvalue weighted by atomic mass is 9.49. The molecule has 1 aliphatic heterocycles. The van der Waals surface area contributed by atoms with E-state index in [9.17, 15) is 19.7 Å². The number of piperazine rings is 1. The molecule has 37 heavy (non-hydrogen) atoms. The first kappa shape index (κ1) is 27.1. The van der Waals surface area contributed by atoms with Gasteiger partial charge in [-0.1, -0.05) is 38.8 Å². The number of carbonyl (C=O) groups is 2. The predicted octanol–water partition coefficient (Wildman–Crippen LogP) is 4.76. The van der Waals surface area contributed by atoms with Crippen molar-refractivity contribution in [1.29, 1.82) is 0 Å². The third-order valence-corrected chi connectivity index (χ3v) is 8.73. The number of rotatable bonds is 10. The summed E-state index contributed by atoms with van der Waals surface area (Å²) >= 11 is 0. The predicted molar refractivity (Wildman–Crippen MR) is 144 cm³/mol. The normalized spacial score (nSPS) is 22.6. The molecule has 1 aromatic rings. The third-order valence-electron chi connectivity index (χ3n) is 8.73. The maximum atomic E-state index is 13.1. The van der Waals surface area contributed by atoms with Crippen LogP contribution in [0.4, 0.5) is 16.2 Å². The van der Waals surface area contributed by atoms with Gasteiger partial charge in [0.15, 0.2) is 0 Å².